The third-order valence-corrected chi connectivity index (χ3v) is 2.73. The maximum Gasteiger partial charge on any atom is 0.446 e. The lowest BCUT2D eigenvalue weighted by Crippen LogP contribution is -2.30. The van der Waals surface area contributed by atoms with Crippen LogP contribution in [-0.2, 0) is 0 Å². The fourth-order valence-electron chi connectivity index (χ4n) is 1.08. The van der Waals surface area contributed by atoms with Gasteiger partial charge in [0.25, 0.3) is 0 Å². The number of hydrogen-bond donors (Lipinski definition) is 3. The molecule has 0 aliphatic heterocycles. The quantitative estimate of drug-likeness (QED) is 0.589. The van der Waals surface area contributed by atoms with E-state index < -0.39 is 5.51 Å². The lowest BCUT2D eigenvalue weighted by Gasteiger charge is -2.10. The number of thioether (sulfide) groups is 1. The Balaban J connectivity index is 2.52. The minimum Gasteiger partial charge on any atom is -0.395 e. The molecule has 0 aliphatic carbocycles. The second-order valence-corrected chi connectivity index (χ2v) is 4.72. The average molecular weight is 296 g/mol. The fourth-order valence-corrected chi connectivity index (χ4v) is 1.84. The van der Waals surface area contributed by atoms with Gasteiger partial charge in [-0.15, -0.1) is 0 Å². The number of aliphatic hydroxyl groups is 1. The number of hydrogen-bond acceptors (Lipinski definition) is 3. The third kappa shape index (κ3) is 6.08. The molecule has 0 fully saturated rings. The highest BCUT2D eigenvalue weighted by molar-refractivity contribution is 8.00. The fraction of sp³-hybridized carbons (Fsp3) is 0.300. The van der Waals surface area contributed by atoms with Crippen LogP contribution in [0.4, 0.5) is 18.9 Å². The van der Waals surface area contributed by atoms with Gasteiger partial charge in [0.15, 0.2) is 5.11 Å². The van der Waals surface area contributed by atoms with Gasteiger partial charge in [-0.1, -0.05) is 0 Å². The van der Waals surface area contributed by atoms with Gasteiger partial charge in [0.05, 0.1) is 6.61 Å². The second kappa shape index (κ2) is 6.81. The molecule has 0 unspecified atom stereocenters. The molecule has 1 aromatic rings. The van der Waals surface area contributed by atoms with E-state index in [9.17, 15) is 13.2 Å². The number of nitrogens with one attached hydrogen (secondary N) is 2. The van der Waals surface area contributed by atoms with Crippen molar-refractivity contribution in [3.8, 4) is 0 Å². The van der Waals surface area contributed by atoms with Crippen molar-refractivity contribution in [3.05, 3.63) is 24.3 Å². The van der Waals surface area contributed by atoms with E-state index in [2.05, 4.69) is 10.6 Å². The van der Waals surface area contributed by atoms with Crippen LogP contribution < -0.4 is 10.6 Å². The van der Waals surface area contributed by atoms with Crippen LogP contribution in [0.3, 0.4) is 0 Å². The van der Waals surface area contributed by atoms with Crippen LogP contribution in [-0.4, -0.2) is 28.9 Å². The number of aliphatic hydroxyl groups excluding tert-OH is 1. The van der Waals surface area contributed by atoms with Gasteiger partial charge in [0.1, 0.15) is 0 Å². The van der Waals surface area contributed by atoms with Crippen LogP contribution in [0.2, 0.25) is 0 Å². The predicted octanol–water partition coefficient (Wildman–Crippen LogP) is 2.58. The third-order valence-electron chi connectivity index (χ3n) is 1.74. The van der Waals surface area contributed by atoms with Crippen LogP contribution in [0.25, 0.3) is 0 Å². The van der Waals surface area contributed by atoms with Gasteiger partial charge in [-0.2, -0.15) is 13.2 Å². The number of alkyl halides is 3. The van der Waals surface area contributed by atoms with Crippen molar-refractivity contribution in [3.63, 3.8) is 0 Å². The van der Waals surface area contributed by atoms with Crippen LogP contribution in [0.1, 0.15) is 0 Å². The molecule has 0 aliphatic rings. The van der Waals surface area contributed by atoms with E-state index in [1.807, 2.05) is 0 Å². The largest absolute Gasteiger partial charge is 0.446 e. The molecule has 18 heavy (non-hydrogen) atoms. The number of anilines is 1. The summed E-state index contributed by atoms with van der Waals surface area (Å²) < 4.78 is 36.3. The maximum absolute atomic E-state index is 12.1. The average Bonchev–Trinajstić information content (AvgIpc) is 2.27. The molecule has 3 N–H and O–H groups in total. The molecular weight excluding hydrogens is 285 g/mol. The highest BCUT2D eigenvalue weighted by Crippen LogP contribution is 2.36. The van der Waals surface area contributed by atoms with Gasteiger partial charge in [-0.3, -0.25) is 0 Å². The van der Waals surface area contributed by atoms with Crippen LogP contribution in [0.5, 0.6) is 0 Å². The van der Waals surface area contributed by atoms with E-state index in [0.29, 0.717) is 17.3 Å². The normalized spacial score (nSPS) is 11.1. The molecule has 1 aromatic carbocycles. The van der Waals surface area contributed by atoms with Crippen molar-refractivity contribution >= 4 is 34.8 Å². The van der Waals surface area contributed by atoms with Crippen molar-refractivity contribution < 1.29 is 18.3 Å². The Morgan fingerprint density at radius 1 is 1.28 bits per heavy atom. The lowest BCUT2D eigenvalue weighted by atomic mass is 10.3. The molecule has 3 nitrogen and oxygen atoms in total. The standard InChI is InChI=1S/C10H11F3N2OS2/c11-10(12,13)18-8-3-1-7(2-4-8)15-9(17)14-5-6-16/h1-4,16H,5-6H2,(H2,14,15,17). The minimum absolute atomic E-state index is 0.0526. The maximum atomic E-state index is 12.1. The zero-order valence-corrected chi connectivity index (χ0v) is 10.8. The molecular formula is C10H11F3N2OS2. The van der Waals surface area contributed by atoms with Gasteiger partial charge in [-0.05, 0) is 48.2 Å². The predicted molar refractivity (Wildman–Crippen MR) is 69.7 cm³/mol. The summed E-state index contributed by atoms with van der Waals surface area (Å²) >= 11 is 4.74. The Kier molecular flexibility index (Phi) is 5.70. The molecule has 0 bridgehead atoms. The molecule has 0 spiro atoms. The van der Waals surface area contributed by atoms with E-state index in [1.165, 1.54) is 24.3 Å². The van der Waals surface area contributed by atoms with Crippen LogP contribution >= 0.6 is 24.0 Å². The summed E-state index contributed by atoms with van der Waals surface area (Å²) in [4.78, 5) is 0.113. The van der Waals surface area contributed by atoms with Crippen LogP contribution in [0.15, 0.2) is 29.2 Å². The first-order valence-electron chi connectivity index (χ1n) is 4.92. The molecule has 8 heteroatoms. The Morgan fingerprint density at radius 3 is 2.39 bits per heavy atom. The summed E-state index contributed by atoms with van der Waals surface area (Å²) in [5, 5.41) is 14.4. The molecule has 0 heterocycles. The smallest absolute Gasteiger partial charge is 0.395 e. The summed E-state index contributed by atoms with van der Waals surface area (Å²) in [6, 6.07) is 5.71. The number of thiocarbonyl (C=S) groups is 1. The highest BCUT2D eigenvalue weighted by atomic mass is 32.2. The number of rotatable bonds is 4. The SMILES string of the molecule is OCCNC(=S)Nc1ccc(SC(F)(F)F)cc1. The Morgan fingerprint density at radius 2 is 1.89 bits per heavy atom. The Labute approximate surface area is 112 Å². The first-order valence-corrected chi connectivity index (χ1v) is 6.15. The number of benzene rings is 1. The van der Waals surface area contributed by atoms with E-state index in [4.69, 9.17) is 17.3 Å². The first-order chi connectivity index (χ1) is 8.40. The van der Waals surface area contributed by atoms with E-state index in [-0.39, 0.29) is 23.3 Å². The van der Waals surface area contributed by atoms with Gasteiger partial charge in [0, 0.05) is 17.1 Å². The second-order valence-electron chi connectivity index (χ2n) is 3.18. The minimum atomic E-state index is -4.28. The molecule has 0 saturated carbocycles. The number of halogens is 3. The molecule has 1 rings (SSSR count). The summed E-state index contributed by atoms with van der Waals surface area (Å²) in [6.45, 7) is 0.261. The van der Waals surface area contributed by atoms with E-state index in [0.717, 1.165) is 0 Å². The molecule has 0 amide bonds. The van der Waals surface area contributed by atoms with E-state index in [1.54, 1.807) is 0 Å². The Hall–Kier alpha value is -0.990. The zero-order valence-electron chi connectivity index (χ0n) is 9.12. The summed E-state index contributed by atoms with van der Waals surface area (Å²) in [5.41, 5.74) is -3.70. The van der Waals surface area contributed by atoms with Crippen molar-refractivity contribution in [2.45, 2.75) is 10.4 Å². The lowest BCUT2D eigenvalue weighted by molar-refractivity contribution is -0.0328. The topological polar surface area (TPSA) is 44.3 Å². The van der Waals surface area contributed by atoms with Crippen molar-refractivity contribution in [1.82, 2.24) is 5.32 Å². The summed E-state index contributed by atoms with van der Waals surface area (Å²) in [7, 11) is 0. The van der Waals surface area contributed by atoms with Gasteiger partial charge in [-0.25, -0.2) is 0 Å². The molecule has 0 radical (unpaired) electrons. The monoisotopic (exact) mass is 296 g/mol. The van der Waals surface area contributed by atoms with Crippen LogP contribution in [0, 0.1) is 0 Å². The molecule has 0 atom stereocenters. The van der Waals surface area contributed by atoms with Crippen molar-refractivity contribution in [1.29, 1.82) is 0 Å². The van der Waals surface area contributed by atoms with Crippen molar-refractivity contribution in [2.24, 2.45) is 0 Å². The Bertz CT molecular complexity index is 395. The van der Waals surface area contributed by atoms with Crippen molar-refractivity contribution in [2.75, 3.05) is 18.5 Å². The molecule has 100 valence electrons. The zero-order chi connectivity index (χ0) is 13.6. The molecule has 0 saturated heterocycles. The van der Waals surface area contributed by atoms with E-state index >= 15 is 0 Å². The molecule has 0 aromatic heterocycles. The first kappa shape index (κ1) is 15.1. The summed E-state index contributed by atoms with van der Waals surface area (Å²) in [6.07, 6.45) is 0. The van der Waals surface area contributed by atoms with Gasteiger partial charge in [0.2, 0.25) is 0 Å². The van der Waals surface area contributed by atoms with Gasteiger partial charge >= 0.3 is 5.51 Å². The summed E-state index contributed by atoms with van der Waals surface area (Å²) in [5.74, 6) is 0. The highest BCUT2D eigenvalue weighted by Gasteiger charge is 2.28. The van der Waals surface area contributed by atoms with Gasteiger partial charge < -0.3 is 15.7 Å².